The molecule has 2 aliphatic rings. The Kier molecular flexibility index (Phi) is 4.81. The fourth-order valence-electron chi connectivity index (χ4n) is 4.06. The van der Waals surface area contributed by atoms with Crippen molar-refractivity contribution in [3.8, 4) is 5.00 Å². The van der Waals surface area contributed by atoms with Gasteiger partial charge in [-0.1, -0.05) is 36.8 Å². The quantitative estimate of drug-likeness (QED) is 0.553. The summed E-state index contributed by atoms with van der Waals surface area (Å²) in [6.45, 7) is 10.4. The molecule has 0 spiro atoms. The molecule has 1 aromatic carbocycles. The summed E-state index contributed by atoms with van der Waals surface area (Å²) in [6, 6.07) is 7.95. The molecule has 31 heavy (non-hydrogen) atoms. The van der Waals surface area contributed by atoms with Crippen molar-refractivity contribution in [1.29, 1.82) is 0 Å². The number of esters is 1. The number of fused-ring (bicyclic) bond motifs is 3. The van der Waals surface area contributed by atoms with Gasteiger partial charge in [0.1, 0.15) is 23.0 Å². The van der Waals surface area contributed by atoms with E-state index in [2.05, 4.69) is 66.7 Å². The number of carbonyl (C=O) groups is 1. The average Bonchev–Trinajstić information content (AvgIpc) is 3.19. The minimum atomic E-state index is -0.446. The first-order chi connectivity index (χ1) is 14.8. The summed E-state index contributed by atoms with van der Waals surface area (Å²) >= 11 is 1.72. The van der Waals surface area contributed by atoms with E-state index in [1.165, 1.54) is 16.0 Å². The number of carbonyl (C=O) groups excluding carboxylic acids is 1. The first-order valence-electron chi connectivity index (χ1n) is 10.7. The fourth-order valence-corrected chi connectivity index (χ4v) is 5.28. The first kappa shape index (κ1) is 20.1. The van der Waals surface area contributed by atoms with Crippen molar-refractivity contribution in [1.82, 2.24) is 14.8 Å². The Hall–Kier alpha value is -2.80. The highest BCUT2D eigenvalue weighted by Crippen LogP contribution is 2.40. The topological polar surface area (TPSA) is 69.4 Å². The minimum absolute atomic E-state index is 0.0462. The smallest absolute Gasteiger partial charge is 0.308 e. The van der Waals surface area contributed by atoms with Crippen LogP contribution in [0.3, 0.4) is 0 Å². The van der Waals surface area contributed by atoms with Gasteiger partial charge in [0.25, 0.3) is 0 Å². The molecule has 5 rings (SSSR count). The van der Waals surface area contributed by atoms with Crippen LogP contribution in [0.15, 0.2) is 29.3 Å². The zero-order valence-electron chi connectivity index (χ0n) is 18.5. The number of aryl methyl sites for hydroxylation is 3. The summed E-state index contributed by atoms with van der Waals surface area (Å²) in [5.74, 6) is 1.72. The molecule has 0 N–H and O–H groups in total. The highest BCUT2D eigenvalue weighted by atomic mass is 32.1. The lowest BCUT2D eigenvalue weighted by atomic mass is 9.99. The van der Waals surface area contributed by atoms with Crippen LogP contribution in [-0.4, -0.2) is 32.5 Å². The molecule has 7 heteroatoms. The third-order valence-electron chi connectivity index (χ3n) is 6.24. The van der Waals surface area contributed by atoms with Gasteiger partial charge in [-0.2, -0.15) is 0 Å². The molecule has 0 saturated heterocycles. The summed E-state index contributed by atoms with van der Waals surface area (Å²) < 4.78 is 7.71. The van der Waals surface area contributed by atoms with Gasteiger partial charge in [-0.05, 0) is 45.6 Å². The SMILES string of the molecule is Cc1ccc(C2=N[C@@H](CC(=O)O[C@H]3CC3C)c3nnc(C)n3-c3sc(C)c(C)c32)cc1. The predicted molar refractivity (Wildman–Crippen MR) is 121 cm³/mol. The summed E-state index contributed by atoms with van der Waals surface area (Å²) in [5, 5.41) is 9.84. The van der Waals surface area contributed by atoms with Crippen LogP contribution in [0.5, 0.6) is 0 Å². The number of nitrogens with zero attached hydrogens (tertiary/aromatic N) is 4. The lowest BCUT2D eigenvalue weighted by Gasteiger charge is -2.12. The zero-order chi connectivity index (χ0) is 21.9. The van der Waals surface area contributed by atoms with E-state index in [1.54, 1.807) is 11.3 Å². The van der Waals surface area contributed by atoms with Crippen LogP contribution >= 0.6 is 11.3 Å². The van der Waals surface area contributed by atoms with Gasteiger partial charge < -0.3 is 4.74 Å². The summed E-state index contributed by atoms with van der Waals surface area (Å²) in [5.41, 5.74) is 5.44. The second kappa shape index (κ2) is 7.41. The molecule has 1 aliphatic carbocycles. The third kappa shape index (κ3) is 3.51. The van der Waals surface area contributed by atoms with E-state index in [1.807, 2.05) is 6.92 Å². The van der Waals surface area contributed by atoms with Crippen LogP contribution in [0.4, 0.5) is 0 Å². The van der Waals surface area contributed by atoms with Crippen molar-refractivity contribution in [3.05, 3.63) is 63.0 Å². The molecule has 1 unspecified atom stereocenters. The maximum atomic E-state index is 12.7. The minimum Gasteiger partial charge on any atom is -0.462 e. The van der Waals surface area contributed by atoms with E-state index in [4.69, 9.17) is 9.73 Å². The van der Waals surface area contributed by atoms with Gasteiger partial charge in [0.05, 0.1) is 12.1 Å². The van der Waals surface area contributed by atoms with Gasteiger partial charge in [-0.3, -0.25) is 14.4 Å². The largest absolute Gasteiger partial charge is 0.462 e. The summed E-state index contributed by atoms with van der Waals surface area (Å²) in [4.78, 5) is 19.1. The van der Waals surface area contributed by atoms with Crippen molar-refractivity contribution in [2.75, 3.05) is 0 Å². The van der Waals surface area contributed by atoms with Crippen molar-refractivity contribution >= 4 is 23.0 Å². The number of ether oxygens (including phenoxy) is 1. The molecule has 0 bridgehead atoms. The molecule has 160 valence electrons. The number of aliphatic imine (C=N–C) groups is 1. The van der Waals surface area contributed by atoms with E-state index in [-0.39, 0.29) is 18.5 Å². The molecule has 1 aliphatic heterocycles. The van der Waals surface area contributed by atoms with Gasteiger partial charge >= 0.3 is 5.97 Å². The Morgan fingerprint density at radius 2 is 1.87 bits per heavy atom. The van der Waals surface area contributed by atoms with Crippen molar-refractivity contribution in [2.24, 2.45) is 10.9 Å². The molecule has 2 aromatic heterocycles. The monoisotopic (exact) mass is 434 g/mol. The summed E-state index contributed by atoms with van der Waals surface area (Å²) in [6.07, 6.45) is 1.15. The van der Waals surface area contributed by atoms with Crippen molar-refractivity contribution in [2.45, 2.75) is 59.6 Å². The summed E-state index contributed by atoms with van der Waals surface area (Å²) in [7, 11) is 0. The third-order valence-corrected chi connectivity index (χ3v) is 7.44. The number of aromatic nitrogens is 3. The van der Waals surface area contributed by atoms with E-state index in [9.17, 15) is 4.79 Å². The molecular formula is C24H26N4O2S. The second-order valence-electron chi connectivity index (χ2n) is 8.71. The number of hydrogen-bond acceptors (Lipinski definition) is 6. The molecule has 3 atom stereocenters. The van der Waals surface area contributed by atoms with Crippen LogP contribution in [0.25, 0.3) is 5.00 Å². The van der Waals surface area contributed by atoms with Gasteiger partial charge in [0.15, 0.2) is 5.82 Å². The first-order valence-corrected chi connectivity index (χ1v) is 11.5. The van der Waals surface area contributed by atoms with Crippen LogP contribution < -0.4 is 0 Å². The van der Waals surface area contributed by atoms with E-state index in [0.29, 0.717) is 11.7 Å². The Labute approximate surface area is 186 Å². The molecule has 1 saturated carbocycles. The van der Waals surface area contributed by atoms with Crippen LogP contribution in [-0.2, 0) is 9.53 Å². The molecular weight excluding hydrogens is 408 g/mol. The van der Waals surface area contributed by atoms with E-state index < -0.39 is 6.04 Å². The van der Waals surface area contributed by atoms with E-state index in [0.717, 1.165) is 34.1 Å². The second-order valence-corrected chi connectivity index (χ2v) is 9.91. The van der Waals surface area contributed by atoms with Crippen molar-refractivity contribution < 1.29 is 9.53 Å². The number of thiophene rings is 1. The van der Waals surface area contributed by atoms with Crippen LogP contribution in [0.1, 0.15) is 64.6 Å². The zero-order valence-corrected chi connectivity index (χ0v) is 19.3. The van der Waals surface area contributed by atoms with Gasteiger partial charge in [-0.25, -0.2) is 0 Å². The van der Waals surface area contributed by atoms with Crippen molar-refractivity contribution in [3.63, 3.8) is 0 Å². The lowest BCUT2D eigenvalue weighted by molar-refractivity contribution is -0.145. The maximum absolute atomic E-state index is 12.7. The molecule has 0 radical (unpaired) electrons. The maximum Gasteiger partial charge on any atom is 0.308 e. The van der Waals surface area contributed by atoms with Gasteiger partial charge in [0, 0.05) is 16.0 Å². The standard InChI is InChI=1S/C24H26N4O2S/c1-12-6-8-17(9-7-12)22-21-14(3)15(4)31-24(21)28-16(5)26-27-23(28)18(25-22)11-20(29)30-19-10-13(19)2/h6-9,13,18-19H,10-11H2,1-5H3/t13?,18-,19-/m0/s1. The predicted octanol–water partition coefficient (Wildman–Crippen LogP) is 4.80. The van der Waals surface area contributed by atoms with E-state index >= 15 is 0 Å². The molecule has 3 aromatic rings. The number of rotatable bonds is 4. The fraction of sp³-hybridized carbons (Fsp3) is 0.417. The number of benzene rings is 1. The molecule has 6 nitrogen and oxygen atoms in total. The average molecular weight is 435 g/mol. The highest BCUT2D eigenvalue weighted by molar-refractivity contribution is 7.15. The normalized spacial score (nSPS) is 21.7. The van der Waals surface area contributed by atoms with Gasteiger partial charge in [-0.15, -0.1) is 21.5 Å². The van der Waals surface area contributed by atoms with Gasteiger partial charge in [0.2, 0.25) is 0 Å². The lowest BCUT2D eigenvalue weighted by Crippen LogP contribution is -2.14. The molecule has 0 amide bonds. The Bertz CT molecular complexity index is 1210. The number of hydrogen-bond donors (Lipinski definition) is 0. The van der Waals surface area contributed by atoms with Crippen LogP contribution in [0.2, 0.25) is 0 Å². The Morgan fingerprint density at radius 3 is 2.55 bits per heavy atom. The molecule has 3 heterocycles. The molecule has 1 fully saturated rings. The Balaban J connectivity index is 1.65. The van der Waals surface area contributed by atoms with Crippen LogP contribution in [0, 0.1) is 33.6 Å². The highest BCUT2D eigenvalue weighted by Gasteiger charge is 2.38. The Morgan fingerprint density at radius 1 is 1.16 bits per heavy atom.